The van der Waals surface area contributed by atoms with Crippen LogP contribution >= 0.6 is 0 Å². The Morgan fingerprint density at radius 1 is 1.24 bits per heavy atom. The zero-order valence-corrected chi connectivity index (χ0v) is 18.5. The summed E-state index contributed by atoms with van der Waals surface area (Å²) in [7, 11) is 0. The van der Waals surface area contributed by atoms with E-state index in [-0.39, 0.29) is 29.0 Å². The van der Waals surface area contributed by atoms with Gasteiger partial charge in [0.1, 0.15) is 5.65 Å². The number of nitrogens with one attached hydrogen (secondary N) is 2. The summed E-state index contributed by atoms with van der Waals surface area (Å²) in [5.74, 6) is -0.319. The van der Waals surface area contributed by atoms with Gasteiger partial charge in [-0.15, -0.1) is 0 Å². The van der Waals surface area contributed by atoms with Crippen molar-refractivity contribution in [3.8, 4) is 0 Å². The van der Waals surface area contributed by atoms with E-state index in [9.17, 15) is 14.4 Å². The van der Waals surface area contributed by atoms with Gasteiger partial charge in [0.15, 0.2) is 0 Å². The number of ether oxygens (including phenoxy) is 1. The maximum Gasteiger partial charge on any atom is 0.330 e. The maximum absolute atomic E-state index is 12.8. The molecule has 172 valence electrons. The molecule has 2 N–H and O–H groups in total. The van der Waals surface area contributed by atoms with E-state index in [0.29, 0.717) is 12.2 Å². The summed E-state index contributed by atoms with van der Waals surface area (Å²) in [4.78, 5) is 46.2. The Kier molecular flexibility index (Phi) is 5.82. The number of hydrogen-bond acceptors (Lipinski definition) is 6. The standard InChI is InChI=1S/C24H27N5O4/c1-15-13-28(7-8-33-15)14-17-4-2-3-16(9-17)11-26-22(30)18-10-20-21(25-12-18)29(19-5-6-19)24(32)27-23(20)31/h2-4,9-10,12,15,19H,5-8,11,13-14H2,1H3,(H,26,30)(H,27,31,32). The molecule has 1 atom stereocenters. The van der Waals surface area contributed by atoms with Gasteiger partial charge in [-0.2, -0.15) is 0 Å². The summed E-state index contributed by atoms with van der Waals surface area (Å²) in [6, 6.07) is 9.73. The number of nitrogens with zero attached hydrogens (tertiary/aromatic N) is 3. The van der Waals surface area contributed by atoms with Crippen LogP contribution in [-0.4, -0.2) is 51.1 Å². The Bertz CT molecular complexity index is 1310. The van der Waals surface area contributed by atoms with Gasteiger partial charge in [-0.3, -0.25) is 24.0 Å². The summed E-state index contributed by atoms with van der Waals surface area (Å²) < 4.78 is 7.12. The first-order valence-corrected chi connectivity index (χ1v) is 11.3. The number of aromatic amines is 1. The van der Waals surface area contributed by atoms with Crippen LogP contribution in [0.15, 0.2) is 46.1 Å². The van der Waals surface area contributed by atoms with Crippen molar-refractivity contribution in [1.82, 2.24) is 24.8 Å². The van der Waals surface area contributed by atoms with Crippen LogP contribution in [0.5, 0.6) is 0 Å². The van der Waals surface area contributed by atoms with Crippen LogP contribution in [0.25, 0.3) is 11.0 Å². The number of fused-ring (bicyclic) bond motifs is 1. The molecule has 1 aliphatic carbocycles. The molecule has 2 fully saturated rings. The Morgan fingerprint density at radius 3 is 2.85 bits per heavy atom. The van der Waals surface area contributed by atoms with E-state index in [2.05, 4.69) is 39.2 Å². The van der Waals surface area contributed by atoms with Crippen molar-refractivity contribution < 1.29 is 9.53 Å². The highest BCUT2D eigenvalue weighted by Crippen LogP contribution is 2.34. The quantitative estimate of drug-likeness (QED) is 0.591. The first kappa shape index (κ1) is 21.5. The van der Waals surface area contributed by atoms with Crippen LogP contribution in [-0.2, 0) is 17.8 Å². The number of benzene rings is 1. The van der Waals surface area contributed by atoms with Gasteiger partial charge in [0.25, 0.3) is 11.5 Å². The van der Waals surface area contributed by atoms with Crippen molar-refractivity contribution in [3.63, 3.8) is 0 Å². The van der Waals surface area contributed by atoms with Crippen molar-refractivity contribution in [2.75, 3.05) is 19.7 Å². The number of amides is 1. The molecule has 1 unspecified atom stereocenters. The lowest BCUT2D eigenvalue weighted by Crippen LogP contribution is -2.40. The van der Waals surface area contributed by atoms with E-state index in [1.54, 1.807) is 0 Å². The number of carbonyl (C=O) groups is 1. The lowest BCUT2D eigenvalue weighted by atomic mass is 10.1. The molecule has 0 spiro atoms. The lowest BCUT2D eigenvalue weighted by molar-refractivity contribution is -0.0212. The Morgan fingerprint density at radius 2 is 2.06 bits per heavy atom. The average Bonchev–Trinajstić information content (AvgIpc) is 3.63. The number of H-pyrrole nitrogens is 1. The minimum absolute atomic E-state index is 0.0666. The van der Waals surface area contributed by atoms with Gasteiger partial charge in [-0.05, 0) is 37.0 Å². The Labute approximate surface area is 190 Å². The molecule has 0 bridgehead atoms. The molecule has 33 heavy (non-hydrogen) atoms. The molecule has 1 amide bonds. The third-order valence-corrected chi connectivity index (χ3v) is 6.13. The second-order valence-electron chi connectivity index (χ2n) is 8.87. The van der Waals surface area contributed by atoms with Crippen molar-refractivity contribution >= 4 is 16.9 Å². The zero-order chi connectivity index (χ0) is 22.9. The van der Waals surface area contributed by atoms with Crippen LogP contribution < -0.4 is 16.6 Å². The Balaban J connectivity index is 1.28. The molecule has 5 rings (SSSR count). The zero-order valence-electron chi connectivity index (χ0n) is 18.5. The van der Waals surface area contributed by atoms with E-state index < -0.39 is 11.2 Å². The fourth-order valence-electron chi connectivity index (χ4n) is 4.35. The second kappa shape index (κ2) is 8.92. The van der Waals surface area contributed by atoms with E-state index in [1.165, 1.54) is 22.4 Å². The number of morpholine rings is 1. The molecule has 1 saturated heterocycles. The molecule has 1 saturated carbocycles. The second-order valence-corrected chi connectivity index (χ2v) is 8.87. The smallest absolute Gasteiger partial charge is 0.330 e. The molecular formula is C24H27N5O4. The lowest BCUT2D eigenvalue weighted by Gasteiger charge is -2.31. The van der Waals surface area contributed by atoms with Crippen LogP contribution in [0.1, 0.15) is 47.3 Å². The monoisotopic (exact) mass is 449 g/mol. The normalized spacial score (nSPS) is 19.0. The molecule has 9 nitrogen and oxygen atoms in total. The van der Waals surface area contributed by atoms with E-state index >= 15 is 0 Å². The molecule has 0 radical (unpaired) electrons. The van der Waals surface area contributed by atoms with E-state index in [4.69, 9.17) is 4.74 Å². The van der Waals surface area contributed by atoms with Gasteiger partial charge < -0.3 is 10.1 Å². The number of hydrogen-bond donors (Lipinski definition) is 2. The number of aromatic nitrogens is 3. The van der Waals surface area contributed by atoms with E-state index in [1.807, 2.05) is 12.1 Å². The van der Waals surface area contributed by atoms with Crippen LogP contribution in [0.2, 0.25) is 0 Å². The summed E-state index contributed by atoms with van der Waals surface area (Å²) >= 11 is 0. The van der Waals surface area contributed by atoms with Gasteiger partial charge >= 0.3 is 5.69 Å². The van der Waals surface area contributed by atoms with Crippen molar-refractivity contribution in [3.05, 3.63) is 74.1 Å². The third-order valence-electron chi connectivity index (χ3n) is 6.13. The molecular weight excluding hydrogens is 422 g/mol. The topological polar surface area (TPSA) is 109 Å². The minimum Gasteiger partial charge on any atom is -0.376 e. The van der Waals surface area contributed by atoms with Crippen LogP contribution in [0.4, 0.5) is 0 Å². The molecule has 1 aliphatic heterocycles. The summed E-state index contributed by atoms with van der Waals surface area (Å²) in [6.07, 6.45) is 3.43. The molecule has 2 aromatic heterocycles. The highest BCUT2D eigenvalue weighted by Gasteiger charge is 2.27. The van der Waals surface area contributed by atoms with Gasteiger partial charge in [0.2, 0.25) is 0 Å². The first-order chi connectivity index (χ1) is 16.0. The van der Waals surface area contributed by atoms with E-state index in [0.717, 1.165) is 44.6 Å². The van der Waals surface area contributed by atoms with Crippen LogP contribution in [0, 0.1) is 0 Å². The third kappa shape index (κ3) is 4.74. The summed E-state index contributed by atoms with van der Waals surface area (Å²) in [5, 5.41) is 3.15. The molecule has 2 aliphatic rings. The first-order valence-electron chi connectivity index (χ1n) is 11.3. The van der Waals surface area contributed by atoms with Crippen molar-refractivity contribution in [1.29, 1.82) is 0 Å². The number of pyridine rings is 1. The fourth-order valence-corrected chi connectivity index (χ4v) is 4.35. The fraction of sp³-hybridized carbons (Fsp3) is 0.417. The number of carbonyl (C=O) groups excluding carboxylic acids is 1. The predicted octanol–water partition coefficient (Wildman–Crippen LogP) is 1.57. The predicted molar refractivity (Wildman–Crippen MR) is 123 cm³/mol. The molecule has 3 heterocycles. The largest absolute Gasteiger partial charge is 0.376 e. The number of rotatable bonds is 6. The summed E-state index contributed by atoms with van der Waals surface area (Å²) in [5.41, 5.74) is 1.81. The highest BCUT2D eigenvalue weighted by atomic mass is 16.5. The van der Waals surface area contributed by atoms with Crippen molar-refractivity contribution in [2.45, 2.75) is 45.0 Å². The average molecular weight is 450 g/mol. The van der Waals surface area contributed by atoms with Gasteiger partial charge in [-0.1, -0.05) is 24.3 Å². The van der Waals surface area contributed by atoms with Gasteiger partial charge in [0, 0.05) is 38.4 Å². The molecule has 3 aromatic rings. The van der Waals surface area contributed by atoms with Crippen molar-refractivity contribution in [2.24, 2.45) is 0 Å². The maximum atomic E-state index is 12.8. The molecule has 9 heteroatoms. The van der Waals surface area contributed by atoms with Gasteiger partial charge in [-0.25, -0.2) is 9.78 Å². The van der Waals surface area contributed by atoms with Crippen LogP contribution in [0.3, 0.4) is 0 Å². The Hall–Kier alpha value is -3.30. The highest BCUT2D eigenvalue weighted by molar-refractivity contribution is 5.96. The minimum atomic E-state index is -0.529. The summed E-state index contributed by atoms with van der Waals surface area (Å²) in [6.45, 7) is 5.85. The van der Waals surface area contributed by atoms with Gasteiger partial charge in [0.05, 0.1) is 23.7 Å². The SMILES string of the molecule is CC1CN(Cc2cccc(CNC(=O)c3cnc4c(c3)c(=O)[nH]c(=O)n4C3CC3)c2)CCO1. The molecule has 1 aromatic carbocycles.